The highest BCUT2D eigenvalue weighted by Crippen LogP contribution is 2.39. The molecule has 1 unspecified atom stereocenters. The van der Waals surface area contributed by atoms with E-state index in [1.807, 2.05) is 49.4 Å². The number of benzene rings is 3. The molecule has 2 fully saturated rings. The molecule has 1 atom stereocenters. The fourth-order valence-corrected chi connectivity index (χ4v) is 5.52. The number of aliphatic hydroxyl groups is 1. The lowest BCUT2D eigenvalue weighted by Gasteiger charge is -2.29. The second kappa shape index (κ2) is 13.1. The number of ketones is 1. The summed E-state index contributed by atoms with van der Waals surface area (Å²) >= 11 is 0. The largest absolute Gasteiger partial charge is 0.507 e. The molecule has 2 aliphatic heterocycles. The maximum atomic E-state index is 13.4. The van der Waals surface area contributed by atoms with Crippen molar-refractivity contribution in [1.29, 1.82) is 0 Å². The summed E-state index contributed by atoms with van der Waals surface area (Å²) in [6, 6.07) is 22.4. The van der Waals surface area contributed by atoms with E-state index in [4.69, 9.17) is 9.47 Å². The van der Waals surface area contributed by atoms with Crippen LogP contribution in [0.15, 0.2) is 78.4 Å². The van der Waals surface area contributed by atoms with Crippen LogP contribution in [0.5, 0.6) is 5.75 Å². The van der Waals surface area contributed by atoms with Gasteiger partial charge in [-0.25, -0.2) is 0 Å². The third kappa shape index (κ3) is 6.69. The number of aryl methyl sites for hydroxylation is 2. The summed E-state index contributed by atoms with van der Waals surface area (Å²) in [6.45, 7) is 8.95. The quantitative estimate of drug-likeness (QED) is 0.209. The second-order valence-corrected chi connectivity index (χ2v) is 10.7. The molecule has 0 spiro atoms. The van der Waals surface area contributed by atoms with E-state index in [0.29, 0.717) is 37.7 Å². The molecule has 2 aliphatic rings. The molecule has 0 bridgehead atoms. The molecule has 7 heteroatoms. The van der Waals surface area contributed by atoms with Crippen LogP contribution in [0.4, 0.5) is 0 Å². The van der Waals surface area contributed by atoms with Crippen molar-refractivity contribution in [1.82, 2.24) is 9.80 Å². The number of carbonyl (C=O) groups excluding carboxylic acids is 2. The van der Waals surface area contributed by atoms with Crippen LogP contribution in [0.2, 0.25) is 0 Å². The van der Waals surface area contributed by atoms with Crippen molar-refractivity contribution < 1.29 is 24.2 Å². The monoisotopic (exact) mass is 554 g/mol. The maximum absolute atomic E-state index is 13.4. The molecular formula is C34H38N2O5. The van der Waals surface area contributed by atoms with Gasteiger partial charge in [-0.05, 0) is 60.7 Å². The van der Waals surface area contributed by atoms with Gasteiger partial charge in [0.1, 0.15) is 18.1 Å². The van der Waals surface area contributed by atoms with Crippen molar-refractivity contribution in [3.8, 4) is 5.75 Å². The molecule has 214 valence electrons. The Morgan fingerprint density at radius 3 is 2.37 bits per heavy atom. The van der Waals surface area contributed by atoms with Crippen molar-refractivity contribution in [3.63, 3.8) is 0 Å². The zero-order valence-corrected chi connectivity index (χ0v) is 23.8. The normalized spacial score (nSPS) is 19.1. The molecule has 0 aromatic heterocycles. The van der Waals surface area contributed by atoms with Crippen molar-refractivity contribution in [2.45, 2.75) is 39.3 Å². The van der Waals surface area contributed by atoms with Gasteiger partial charge in [-0.2, -0.15) is 0 Å². The van der Waals surface area contributed by atoms with Crippen LogP contribution < -0.4 is 4.74 Å². The van der Waals surface area contributed by atoms with Crippen molar-refractivity contribution in [3.05, 3.63) is 106 Å². The molecule has 0 saturated carbocycles. The van der Waals surface area contributed by atoms with Gasteiger partial charge in [0.05, 0.1) is 24.8 Å². The molecule has 7 nitrogen and oxygen atoms in total. The minimum Gasteiger partial charge on any atom is -0.507 e. The molecule has 1 N–H and O–H groups in total. The zero-order chi connectivity index (χ0) is 28.8. The molecule has 5 rings (SSSR count). The molecule has 1 amide bonds. The summed E-state index contributed by atoms with van der Waals surface area (Å²) in [6.07, 6.45) is 1.61. The Labute approximate surface area is 242 Å². The number of amides is 1. The highest BCUT2D eigenvalue weighted by atomic mass is 16.5. The minimum absolute atomic E-state index is 0.124. The number of nitrogens with zero attached hydrogens (tertiary/aromatic N) is 2. The van der Waals surface area contributed by atoms with Gasteiger partial charge in [0.25, 0.3) is 11.7 Å². The first-order valence-electron chi connectivity index (χ1n) is 14.4. The molecule has 2 saturated heterocycles. The van der Waals surface area contributed by atoms with Crippen molar-refractivity contribution >= 4 is 17.4 Å². The second-order valence-electron chi connectivity index (χ2n) is 10.7. The summed E-state index contributed by atoms with van der Waals surface area (Å²) in [7, 11) is 0. The topological polar surface area (TPSA) is 79.3 Å². The maximum Gasteiger partial charge on any atom is 0.295 e. The van der Waals surface area contributed by atoms with E-state index in [-0.39, 0.29) is 11.3 Å². The number of morpholine rings is 1. The van der Waals surface area contributed by atoms with Gasteiger partial charge in [0.2, 0.25) is 0 Å². The van der Waals surface area contributed by atoms with Crippen LogP contribution in [0, 0.1) is 6.92 Å². The molecule has 2 heterocycles. The average molecular weight is 555 g/mol. The highest BCUT2D eigenvalue weighted by Gasteiger charge is 2.45. The standard InChI is InChI=1S/C34H38N2O5/c1-3-25-8-10-27(11-9-25)31-30(33(38)34(39)36(31)17-5-16-35-18-20-40-21-19-35)32(37)28-12-14-29(15-13-28)41-23-26-7-4-6-24(2)22-26/h4,6-15,22,31,37H,3,5,16-21,23H2,1-2H3. The predicted octanol–water partition coefficient (Wildman–Crippen LogP) is 5.28. The summed E-state index contributed by atoms with van der Waals surface area (Å²) < 4.78 is 11.4. The number of carbonyl (C=O) groups is 2. The molecule has 0 aliphatic carbocycles. The summed E-state index contributed by atoms with van der Waals surface area (Å²) in [5, 5.41) is 11.4. The van der Waals surface area contributed by atoms with E-state index in [1.54, 1.807) is 29.2 Å². The fraction of sp³-hybridized carbons (Fsp3) is 0.353. The Morgan fingerprint density at radius 1 is 0.951 bits per heavy atom. The Morgan fingerprint density at radius 2 is 1.68 bits per heavy atom. The van der Waals surface area contributed by atoms with E-state index in [2.05, 4.69) is 17.9 Å². The number of likely N-dealkylation sites (tertiary alicyclic amines) is 1. The lowest BCUT2D eigenvalue weighted by atomic mass is 9.94. The van der Waals surface area contributed by atoms with Crippen molar-refractivity contribution in [2.24, 2.45) is 0 Å². The zero-order valence-electron chi connectivity index (χ0n) is 23.8. The first-order chi connectivity index (χ1) is 19.9. The van der Waals surface area contributed by atoms with E-state index < -0.39 is 17.7 Å². The molecule has 41 heavy (non-hydrogen) atoms. The smallest absolute Gasteiger partial charge is 0.295 e. The van der Waals surface area contributed by atoms with Gasteiger partial charge in [-0.15, -0.1) is 0 Å². The van der Waals surface area contributed by atoms with E-state index in [1.165, 1.54) is 11.1 Å². The Kier molecular flexibility index (Phi) is 9.17. The number of ether oxygens (including phenoxy) is 2. The third-order valence-electron chi connectivity index (χ3n) is 7.84. The lowest BCUT2D eigenvalue weighted by Crippen LogP contribution is -2.38. The SMILES string of the molecule is CCc1ccc(C2C(=C(O)c3ccc(OCc4cccc(C)c4)cc3)C(=O)C(=O)N2CCCN2CCOCC2)cc1. The van der Waals surface area contributed by atoms with Crippen LogP contribution in [0.3, 0.4) is 0 Å². The average Bonchev–Trinajstić information content (AvgIpc) is 3.25. The number of Topliss-reactive ketones (excluding diaryl/α,β-unsaturated/α-hetero) is 1. The van der Waals surface area contributed by atoms with Crippen LogP contribution in [-0.2, 0) is 27.4 Å². The number of aliphatic hydroxyl groups excluding tert-OH is 1. The Bertz CT molecular complexity index is 1390. The first-order valence-corrected chi connectivity index (χ1v) is 14.4. The van der Waals surface area contributed by atoms with Gasteiger partial charge < -0.3 is 19.5 Å². The number of hydrogen-bond acceptors (Lipinski definition) is 6. The van der Waals surface area contributed by atoms with Crippen LogP contribution in [-0.4, -0.2) is 66.0 Å². The third-order valence-corrected chi connectivity index (χ3v) is 7.84. The fourth-order valence-electron chi connectivity index (χ4n) is 5.52. The summed E-state index contributed by atoms with van der Waals surface area (Å²) in [4.78, 5) is 30.6. The Hall–Kier alpha value is -3.94. The predicted molar refractivity (Wildman–Crippen MR) is 159 cm³/mol. The van der Waals surface area contributed by atoms with Crippen LogP contribution in [0.25, 0.3) is 5.76 Å². The van der Waals surface area contributed by atoms with Crippen LogP contribution in [0.1, 0.15) is 47.2 Å². The molecule has 0 radical (unpaired) electrons. The van der Waals surface area contributed by atoms with E-state index >= 15 is 0 Å². The molecule has 3 aromatic carbocycles. The van der Waals surface area contributed by atoms with Gasteiger partial charge in [0.15, 0.2) is 0 Å². The first kappa shape index (κ1) is 28.6. The van der Waals surface area contributed by atoms with Gasteiger partial charge >= 0.3 is 0 Å². The number of rotatable bonds is 10. The van der Waals surface area contributed by atoms with Gasteiger partial charge in [0, 0.05) is 31.7 Å². The summed E-state index contributed by atoms with van der Waals surface area (Å²) in [5.41, 5.74) is 4.81. The van der Waals surface area contributed by atoms with E-state index in [9.17, 15) is 14.7 Å². The molecule has 3 aromatic rings. The molecular weight excluding hydrogens is 516 g/mol. The minimum atomic E-state index is -0.654. The van der Waals surface area contributed by atoms with Crippen LogP contribution >= 0.6 is 0 Å². The van der Waals surface area contributed by atoms with E-state index in [0.717, 1.165) is 43.6 Å². The summed E-state index contributed by atoms with van der Waals surface area (Å²) in [5.74, 6) is -0.749. The lowest BCUT2D eigenvalue weighted by molar-refractivity contribution is -0.140. The Balaban J connectivity index is 1.39. The van der Waals surface area contributed by atoms with Gasteiger partial charge in [-0.1, -0.05) is 61.0 Å². The highest BCUT2D eigenvalue weighted by molar-refractivity contribution is 6.46. The van der Waals surface area contributed by atoms with Gasteiger partial charge in [-0.3, -0.25) is 14.5 Å². The number of hydrogen-bond donors (Lipinski definition) is 1. The van der Waals surface area contributed by atoms with Crippen molar-refractivity contribution in [2.75, 3.05) is 39.4 Å².